The summed E-state index contributed by atoms with van der Waals surface area (Å²) in [4.78, 5) is 4.60. The van der Waals surface area contributed by atoms with E-state index in [1.807, 2.05) is 43.5 Å². The van der Waals surface area contributed by atoms with Crippen molar-refractivity contribution in [2.75, 3.05) is 26.0 Å². The number of rotatable bonds is 7. The molecule has 142 valence electrons. The zero-order valence-electron chi connectivity index (χ0n) is 15.6. The highest BCUT2D eigenvalue weighted by molar-refractivity contribution is 7.89. The molecule has 1 N–H and O–H groups in total. The maximum absolute atomic E-state index is 12.6. The van der Waals surface area contributed by atoms with Gasteiger partial charge in [0.25, 0.3) is 0 Å². The second-order valence-electron chi connectivity index (χ2n) is 6.27. The van der Waals surface area contributed by atoms with Gasteiger partial charge in [-0.15, -0.1) is 0 Å². The number of ether oxygens (including phenoxy) is 1. The second kappa shape index (κ2) is 7.94. The molecule has 0 saturated heterocycles. The summed E-state index contributed by atoms with van der Waals surface area (Å²) < 4.78 is 31.9. The molecule has 0 unspecified atom stereocenters. The molecule has 1 aromatic heterocycles. The van der Waals surface area contributed by atoms with Crippen LogP contribution >= 0.6 is 0 Å². The Kier molecular flexibility index (Phi) is 5.62. The van der Waals surface area contributed by atoms with Crippen molar-refractivity contribution in [1.82, 2.24) is 9.29 Å². The van der Waals surface area contributed by atoms with E-state index in [9.17, 15) is 8.42 Å². The van der Waals surface area contributed by atoms with E-state index in [4.69, 9.17) is 4.74 Å². The number of hydrogen-bond acceptors (Lipinski definition) is 5. The number of hydrogen-bond donors (Lipinski definition) is 1. The standard InChI is InChI=1S/C20H23N3O3S/c1-4-26-19-10-9-17(12-20(19)27(24,25)23(2)3)21-13-15-11-16-7-5-6-8-18(16)22-14-15/h5-12,14,21H,4,13H2,1-3H3. The van der Waals surface area contributed by atoms with Crippen LogP contribution in [-0.2, 0) is 16.6 Å². The topological polar surface area (TPSA) is 71.5 Å². The predicted octanol–water partition coefficient (Wildman–Crippen LogP) is 3.50. The molecular formula is C20H23N3O3S. The molecule has 0 aliphatic heterocycles. The second-order valence-corrected chi connectivity index (χ2v) is 8.39. The highest BCUT2D eigenvalue weighted by atomic mass is 32.2. The van der Waals surface area contributed by atoms with Crippen molar-refractivity contribution in [3.8, 4) is 5.75 Å². The summed E-state index contributed by atoms with van der Waals surface area (Å²) in [5, 5.41) is 4.34. The summed E-state index contributed by atoms with van der Waals surface area (Å²) in [5.74, 6) is 0.351. The van der Waals surface area contributed by atoms with Gasteiger partial charge in [0.05, 0.1) is 12.1 Å². The van der Waals surface area contributed by atoms with E-state index in [-0.39, 0.29) is 4.90 Å². The van der Waals surface area contributed by atoms with E-state index in [1.54, 1.807) is 12.1 Å². The van der Waals surface area contributed by atoms with E-state index < -0.39 is 10.0 Å². The van der Waals surface area contributed by atoms with Gasteiger partial charge in [0.2, 0.25) is 10.0 Å². The van der Waals surface area contributed by atoms with Gasteiger partial charge in [0.15, 0.2) is 0 Å². The summed E-state index contributed by atoms with van der Waals surface area (Å²) >= 11 is 0. The molecule has 2 aromatic carbocycles. The number of benzene rings is 2. The summed E-state index contributed by atoms with van der Waals surface area (Å²) in [6, 6.07) is 15.1. The number of aromatic nitrogens is 1. The van der Waals surface area contributed by atoms with Crippen molar-refractivity contribution in [2.24, 2.45) is 0 Å². The van der Waals surface area contributed by atoms with Gasteiger partial charge >= 0.3 is 0 Å². The molecule has 27 heavy (non-hydrogen) atoms. The summed E-state index contributed by atoms with van der Waals surface area (Å²) in [6.07, 6.45) is 1.82. The average molecular weight is 385 g/mol. The van der Waals surface area contributed by atoms with Gasteiger partial charge in [0, 0.05) is 37.9 Å². The number of anilines is 1. The van der Waals surface area contributed by atoms with Crippen molar-refractivity contribution in [3.05, 3.63) is 60.3 Å². The fraction of sp³-hybridized carbons (Fsp3) is 0.250. The highest BCUT2D eigenvalue weighted by Gasteiger charge is 2.22. The molecule has 3 aromatic rings. The third-order valence-corrected chi connectivity index (χ3v) is 5.98. The lowest BCUT2D eigenvalue weighted by molar-refractivity contribution is 0.330. The first kappa shape index (κ1) is 19.1. The monoisotopic (exact) mass is 385 g/mol. The average Bonchev–Trinajstić information content (AvgIpc) is 2.67. The first-order chi connectivity index (χ1) is 12.9. The highest BCUT2D eigenvalue weighted by Crippen LogP contribution is 2.29. The molecule has 0 saturated carbocycles. The fourth-order valence-corrected chi connectivity index (χ4v) is 3.76. The summed E-state index contributed by atoms with van der Waals surface area (Å²) in [6.45, 7) is 2.75. The Balaban J connectivity index is 1.86. The molecule has 3 rings (SSSR count). The minimum absolute atomic E-state index is 0.149. The van der Waals surface area contributed by atoms with Crippen molar-refractivity contribution in [1.29, 1.82) is 0 Å². The number of sulfonamides is 1. The van der Waals surface area contributed by atoms with Crippen LogP contribution in [0.4, 0.5) is 5.69 Å². The quantitative estimate of drug-likeness (QED) is 0.674. The number of nitrogens with zero attached hydrogens (tertiary/aromatic N) is 2. The maximum Gasteiger partial charge on any atom is 0.246 e. The molecule has 7 heteroatoms. The van der Waals surface area contributed by atoms with Gasteiger partial charge in [-0.1, -0.05) is 18.2 Å². The molecule has 0 spiro atoms. The van der Waals surface area contributed by atoms with Gasteiger partial charge in [-0.25, -0.2) is 12.7 Å². The first-order valence-corrected chi connectivity index (χ1v) is 10.1. The minimum Gasteiger partial charge on any atom is -0.492 e. The van der Waals surface area contributed by atoms with Gasteiger partial charge in [0.1, 0.15) is 10.6 Å². The lowest BCUT2D eigenvalue weighted by atomic mass is 10.1. The van der Waals surface area contributed by atoms with Crippen LogP contribution in [0.1, 0.15) is 12.5 Å². The number of nitrogens with one attached hydrogen (secondary N) is 1. The van der Waals surface area contributed by atoms with Crippen LogP contribution in [0.3, 0.4) is 0 Å². The molecule has 0 aliphatic carbocycles. The van der Waals surface area contributed by atoms with Crippen LogP contribution in [-0.4, -0.2) is 38.4 Å². The van der Waals surface area contributed by atoms with Gasteiger partial charge < -0.3 is 10.1 Å². The number of fused-ring (bicyclic) bond motifs is 1. The Hall–Kier alpha value is -2.64. The van der Waals surface area contributed by atoms with Crippen LogP contribution in [0, 0.1) is 0 Å². The maximum atomic E-state index is 12.6. The van der Waals surface area contributed by atoms with E-state index in [0.717, 1.165) is 16.5 Å². The third kappa shape index (κ3) is 4.20. The van der Waals surface area contributed by atoms with Gasteiger partial charge in [-0.3, -0.25) is 4.98 Å². The van der Waals surface area contributed by atoms with Crippen molar-refractivity contribution in [3.63, 3.8) is 0 Å². The Bertz CT molecular complexity index is 1050. The SMILES string of the molecule is CCOc1ccc(NCc2cnc3ccccc3c2)cc1S(=O)(=O)N(C)C. The lowest BCUT2D eigenvalue weighted by Gasteiger charge is -2.17. The van der Waals surface area contributed by atoms with E-state index >= 15 is 0 Å². The predicted molar refractivity (Wildman–Crippen MR) is 108 cm³/mol. The molecule has 0 amide bonds. The summed E-state index contributed by atoms with van der Waals surface area (Å²) in [7, 11) is -0.596. The summed E-state index contributed by atoms with van der Waals surface area (Å²) in [5.41, 5.74) is 2.66. The zero-order chi connectivity index (χ0) is 19.4. The number of para-hydroxylation sites is 1. The van der Waals surface area contributed by atoms with Crippen LogP contribution in [0.2, 0.25) is 0 Å². The number of pyridine rings is 1. The van der Waals surface area contributed by atoms with E-state index in [1.165, 1.54) is 18.4 Å². The Morgan fingerprint density at radius 3 is 2.63 bits per heavy atom. The molecular weight excluding hydrogens is 362 g/mol. The minimum atomic E-state index is -3.61. The van der Waals surface area contributed by atoms with Crippen molar-refractivity contribution < 1.29 is 13.2 Å². The Labute approximate surface area is 159 Å². The van der Waals surface area contributed by atoms with Crippen LogP contribution in [0.25, 0.3) is 10.9 Å². The molecule has 6 nitrogen and oxygen atoms in total. The van der Waals surface area contributed by atoms with Crippen LogP contribution in [0.5, 0.6) is 5.75 Å². The molecule has 0 atom stereocenters. The van der Waals surface area contributed by atoms with Gasteiger partial charge in [-0.2, -0.15) is 0 Å². The molecule has 0 bridgehead atoms. The largest absolute Gasteiger partial charge is 0.492 e. The first-order valence-electron chi connectivity index (χ1n) is 8.68. The smallest absolute Gasteiger partial charge is 0.246 e. The molecule has 0 fully saturated rings. The van der Waals surface area contributed by atoms with E-state index in [0.29, 0.717) is 24.6 Å². The molecule has 0 aliphatic rings. The Morgan fingerprint density at radius 2 is 1.89 bits per heavy atom. The zero-order valence-corrected chi connectivity index (χ0v) is 16.5. The molecule has 0 radical (unpaired) electrons. The van der Waals surface area contributed by atoms with Crippen LogP contribution in [0.15, 0.2) is 59.6 Å². The lowest BCUT2D eigenvalue weighted by Crippen LogP contribution is -2.23. The Morgan fingerprint density at radius 1 is 1.11 bits per heavy atom. The third-order valence-electron chi connectivity index (χ3n) is 4.15. The van der Waals surface area contributed by atoms with Gasteiger partial charge in [-0.05, 0) is 42.8 Å². The van der Waals surface area contributed by atoms with Crippen molar-refractivity contribution >= 4 is 26.6 Å². The normalized spacial score (nSPS) is 11.7. The fourth-order valence-electron chi connectivity index (χ4n) is 2.71. The van der Waals surface area contributed by atoms with Crippen molar-refractivity contribution in [2.45, 2.75) is 18.4 Å². The van der Waals surface area contributed by atoms with Crippen LogP contribution < -0.4 is 10.1 Å². The van der Waals surface area contributed by atoms with E-state index in [2.05, 4.69) is 16.4 Å². The molecule has 1 heterocycles.